The van der Waals surface area contributed by atoms with E-state index in [4.69, 9.17) is 10.2 Å². The van der Waals surface area contributed by atoms with Gasteiger partial charge in [0.05, 0.1) is 5.69 Å². The first-order chi connectivity index (χ1) is 6.16. The van der Waals surface area contributed by atoms with Gasteiger partial charge in [0.1, 0.15) is 0 Å². The van der Waals surface area contributed by atoms with Crippen molar-refractivity contribution in [1.82, 2.24) is 4.98 Å². The Morgan fingerprint density at radius 1 is 1.69 bits per heavy atom. The number of nitrogens with two attached hydrogens (primary N) is 1. The molecule has 1 amide bonds. The molecule has 2 rings (SSSR count). The molecule has 0 atom stereocenters. The van der Waals surface area contributed by atoms with E-state index in [1.807, 2.05) is 0 Å². The van der Waals surface area contributed by atoms with Crippen LogP contribution in [0, 0.1) is 12.8 Å². The fourth-order valence-electron chi connectivity index (χ4n) is 1.34. The van der Waals surface area contributed by atoms with Gasteiger partial charge in [-0.25, -0.2) is 4.98 Å². The van der Waals surface area contributed by atoms with Gasteiger partial charge in [0.15, 0.2) is 5.89 Å². The zero-order valence-electron chi connectivity index (χ0n) is 7.54. The van der Waals surface area contributed by atoms with E-state index in [-0.39, 0.29) is 5.76 Å². The van der Waals surface area contributed by atoms with E-state index in [0.29, 0.717) is 17.5 Å². The quantitative estimate of drug-likeness (QED) is 0.755. The Labute approximate surface area is 76.1 Å². The topological polar surface area (TPSA) is 69.1 Å². The maximum atomic E-state index is 10.8. The summed E-state index contributed by atoms with van der Waals surface area (Å²) in [6, 6.07) is 0. The molecule has 1 heterocycles. The number of rotatable bonds is 3. The number of amides is 1. The molecule has 0 unspecified atom stereocenters. The lowest BCUT2D eigenvalue weighted by Crippen LogP contribution is -2.10. The molecule has 1 aliphatic rings. The molecule has 70 valence electrons. The van der Waals surface area contributed by atoms with Crippen molar-refractivity contribution in [2.75, 3.05) is 0 Å². The van der Waals surface area contributed by atoms with Crippen molar-refractivity contribution < 1.29 is 9.21 Å². The van der Waals surface area contributed by atoms with Gasteiger partial charge in [-0.1, -0.05) is 0 Å². The molecule has 0 aliphatic heterocycles. The number of primary amides is 1. The molecule has 0 saturated heterocycles. The van der Waals surface area contributed by atoms with Crippen LogP contribution in [0.3, 0.4) is 0 Å². The second-order valence-electron chi connectivity index (χ2n) is 3.53. The monoisotopic (exact) mass is 180 g/mol. The fourth-order valence-corrected chi connectivity index (χ4v) is 1.34. The normalized spacial score (nSPS) is 16.1. The van der Waals surface area contributed by atoms with Crippen LogP contribution in [0.15, 0.2) is 4.42 Å². The van der Waals surface area contributed by atoms with Crippen LogP contribution in [0.25, 0.3) is 0 Å². The van der Waals surface area contributed by atoms with E-state index >= 15 is 0 Å². The fraction of sp³-hybridized carbons (Fsp3) is 0.556. The third-order valence-electron chi connectivity index (χ3n) is 2.22. The van der Waals surface area contributed by atoms with E-state index in [9.17, 15) is 4.79 Å². The minimum atomic E-state index is -0.535. The molecule has 4 nitrogen and oxygen atoms in total. The van der Waals surface area contributed by atoms with Crippen molar-refractivity contribution >= 4 is 5.91 Å². The minimum Gasteiger partial charge on any atom is -0.435 e. The summed E-state index contributed by atoms with van der Waals surface area (Å²) < 4.78 is 5.24. The van der Waals surface area contributed by atoms with Crippen molar-refractivity contribution in [1.29, 1.82) is 0 Å². The number of aromatic nitrogens is 1. The van der Waals surface area contributed by atoms with Gasteiger partial charge in [0, 0.05) is 6.42 Å². The van der Waals surface area contributed by atoms with Gasteiger partial charge in [-0.2, -0.15) is 0 Å². The Morgan fingerprint density at radius 2 is 2.38 bits per heavy atom. The predicted octanol–water partition coefficient (Wildman–Crippen LogP) is 1.03. The summed E-state index contributed by atoms with van der Waals surface area (Å²) in [6.07, 6.45) is 3.33. The average molecular weight is 180 g/mol. The molecule has 1 aromatic heterocycles. The first-order valence-corrected chi connectivity index (χ1v) is 4.43. The van der Waals surface area contributed by atoms with Gasteiger partial charge < -0.3 is 10.2 Å². The molecule has 2 N–H and O–H groups in total. The second kappa shape index (κ2) is 2.87. The molecule has 4 heteroatoms. The van der Waals surface area contributed by atoms with E-state index < -0.39 is 5.91 Å². The number of hydrogen-bond acceptors (Lipinski definition) is 3. The number of aryl methyl sites for hydroxylation is 1. The molecule has 1 aliphatic carbocycles. The lowest BCUT2D eigenvalue weighted by atomic mass is 10.3. The summed E-state index contributed by atoms with van der Waals surface area (Å²) in [6.45, 7) is 1.74. The smallest absolute Gasteiger partial charge is 0.286 e. The summed E-state index contributed by atoms with van der Waals surface area (Å²) in [5.74, 6) is 1.02. The molecule has 1 fully saturated rings. The Bertz CT molecular complexity index is 339. The van der Waals surface area contributed by atoms with Crippen LogP contribution in [0.5, 0.6) is 0 Å². The molecule has 0 aromatic carbocycles. The van der Waals surface area contributed by atoms with Crippen LogP contribution >= 0.6 is 0 Å². The van der Waals surface area contributed by atoms with E-state index in [1.54, 1.807) is 6.92 Å². The molecule has 1 saturated carbocycles. The maximum Gasteiger partial charge on any atom is 0.286 e. The Kier molecular flexibility index (Phi) is 1.83. The van der Waals surface area contributed by atoms with Gasteiger partial charge in [-0.15, -0.1) is 0 Å². The maximum absolute atomic E-state index is 10.8. The highest BCUT2D eigenvalue weighted by atomic mass is 16.4. The van der Waals surface area contributed by atoms with Gasteiger partial charge >= 0.3 is 0 Å². The first-order valence-electron chi connectivity index (χ1n) is 4.43. The van der Waals surface area contributed by atoms with E-state index in [1.165, 1.54) is 12.8 Å². The second-order valence-corrected chi connectivity index (χ2v) is 3.53. The van der Waals surface area contributed by atoms with Crippen molar-refractivity contribution in [2.24, 2.45) is 11.7 Å². The summed E-state index contributed by atoms with van der Waals surface area (Å²) in [5, 5.41) is 0. The molecular weight excluding hydrogens is 168 g/mol. The largest absolute Gasteiger partial charge is 0.435 e. The SMILES string of the molecule is Cc1nc(CC2CC2)oc1C(N)=O. The van der Waals surface area contributed by atoms with Crippen LogP contribution in [-0.2, 0) is 6.42 Å². The number of nitrogens with zero attached hydrogens (tertiary/aromatic N) is 1. The molecule has 0 bridgehead atoms. The summed E-state index contributed by atoms with van der Waals surface area (Å²) in [4.78, 5) is 15.0. The van der Waals surface area contributed by atoms with Gasteiger partial charge in [-0.05, 0) is 25.7 Å². The highest BCUT2D eigenvalue weighted by molar-refractivity contribution is 5.90. The Morgan fingerprint density at radius 3 is 2.85 bits per heavy atom. The predicted molar refractivity (Wildman–Crippen MR) is 46.2 cm³/mol. The zero-order chi connectivity index (χ0) is 9.42. The van der Waals surface area contributed by atoms with Gasteiger partial charge in [0.25, 0.3) is 5.91 Å². The highest BCUT2D eigenvalue weighted by Gasteiger charge is 2.25. The number of oxazole rings is 1. The molecule has 0 radical (unpaired) electrons. The van der Waals surface area contributed by atoms with Gasteiger partial charge in [0.2, 0.25) is 5.76 Å². The average Bonchev–Trinajstić information content (AvgIpc) is 2.75. The minimum absolute atomic E-state index is 0.204. The molecular formula is C9H12N2O2. The van der Waals surface area contributed by atoms with Crippen LogP contribution in [0.4, 0.5) is 0 Å². The Balaban J connectivity index is 2.18. The van der Waals surface area contributed by atoms with Crippen molar-refractivity contribution in [3.8, 4) is 0 Å². The highest BCUT2D eigenvalue weighted by Crippen LogP contribution is 2.32. The summed E-state index contributed by atoms with van der Waals surface area (Å²) in [5.41, 5.74) is 5.70. The van der Waals surface area contributed by atoms with E-state index in [0.717, 1.165) is 6.42 Å². The number of hydrogen-bond donors (Lipinski definition) is 1. The van der Waals surface area contributed by atoms with Gasteiger partial charge in [-0.3, -0.25) is 4.79 Å². The van der Waals surface area contributed by atoms with Crippen LogP contribution in [0.1, 0.15) is 35.0 Å². The van der Waals surface area contributed by atoms with Crippen molar-refractivity contribution in [3.05, 3.63) is 17.3 Å². The third kappa shape index (κ3) is 1.71. The standard InChI is InChI=1S/C9H12N2O2/c1-5-8(9(10)12)13-7(11-5)4-6-2-3-6/h6H,2-4H2,1H3,(H2,10,12). The summed E-state index contributed by atoms with van der Waals surface area (Å²) in [7, 11) is 0. The lowest BCUT2D eigenvalue weighted by molar-refractivity contribution is 0.0971. The number of carbonyl (C=O) groups is 1. The van der Waals surface area contributed by atoms with Crippen LogP contribution in [0.2, 0.25) is 0 Å². The van der Waals surface area contributed by atoms with Crippen molar-refractivity contribution in [2.45, 2.75) is 26.2 Å². The summed E-state index contributed by atoms with van der Waals surface area (Å²) >= 11 is 0. The van der Waals surface area contributed by atoms with Crippen molar-refractivity contribution in [3.63, 3.8) is 0 Å². The Hall–Kier alpha value is -1.32. The van der Waals surface area contributed by atoms with Crippen LogP contribution < -0.4 is 5.73 Å². The molecule has 0 spiro atoms. The molecule has 1 aromatic rings. The first kappa shape index (κ1) is 8.29. The third-order valence-corrected chi connectivity index (χ3v) is 2.22. The lowest BCUT2D eigenvalue weighted by Gasteiger charge is -1.89. The zero-order valence-corrected chi connectivity index (χ0v) is 7.54. The van der Waals surface area contributed by atoms with E-state index in [2.05, 4.69) is 4.98 Å². The number of carbonyl (C=O) groups excluding carboxylic acids is 1. The molecule has 13 heavy (non-hydrogen) atoms. The van der Waals surface area contributed by atoms with Crippen LogP contribution in [-0.4, -0.2) is 10.9 Å².